The lowest BCUT2D eigenvalue weighted by molar-refractivity contribution is -0.118. The molecule has 2 N–H and O–H groups in total. The van der Waals surface area contributed by atoms with E-state index in [0.29, 0.717) is 0 Å². The number of amides is 1. The van der Waals surface area contributed by atoms with Gasteiger partial charge in [0, 0.05) is 11.7 Å². The third-order valence-corrected chi connectivity index (χ3v) is 3.29. The fraction of sp³-hybridized carbons (Fsp3) is 0.188. The summed E-state index contributed by atoms with van der Waals surface area (Å²) < 4.78 is 5.36. The fourth-order valence-electron chi connectivity index (χ4n) is 2.24. The zero-order chi connectivity index (χ0) is 13.9. The molecule has 1 aliphatic rings. The van der Waals surface area contributed by atoms with Gasteiger partial charge in [0.15, 0.2) is 6.61 Å². The highest BCUT2D eigenvalue weighted by molar-refractivity contribution is 5.95. The minimum absolute atomic E-state index is 0.0875. The molecule has 1 atom stereocenters. The van der Waals surface area contributed by atoms with Crippen LogP contribution in [-0.2, 0) is 4.79 Å². The molecule has 0 fully saturated rings. The summed E-state index contributed by atoms with van der Waals surface area (Å²) in [5.41, 5.74) is 2.90. The van der Waals surface area contributed by atoms with Crippen LogP contribution < -0.4 is 15.4 Å². The maximum absolute atomic E-state index is 11.3. The summed E-state index contributed by atoms with van der Waals surface area (Å²) in [7, 11) is 0. The highest BCUT2D eigenvalue weighted by Gasteiger charge is 2.17. The Kier molecular flexibility index (Phi) is 3.29. The van der Waals surface area contributed by atoms with E-state index in [9.17, 15) is 4.79 Å². The van der Waals surface area contributed by atoms with Gasteiger partial charge in [-0.3, -0.25) is 4.79 Å². The number of ether oxygens (including phenoxy) is 1. The van der Waals surface area contributed by atoms with E-state index in [1.807, 2.05) is 48.5 Å². The molecule has 0 radical (unpaired) electrons. The number of hydrogen-bond donors (Lipinski definition) is 2. The van der Waals surface area contributed by atoms with Gasteiger partial charge in [-0.05, 0) is 36.8 Å². The third kappa shape index (κ3) is 2.59. The number of carbonyl (C=O) groups excluding carboxylic acids is 1. The van der Waals surface area contributed by atoms with Gasteiger partial charge in [-0.2, -0.15) is 0 Å². The number of anilines is 2. The average Bonchev–Trinajstić information content (AvgIpc) is 2.47. The lowest BCUT2D eigenvalue weighted by Crippen LogP contribution is -2.25. The molecule has 0 bridgehead atoms. The minimum Gasteiger partial charge on any atom is -0.482 e. The SMILES string of the molecule is CC(Nc1ccccc1)c1ccc2c(c1)NC(=O)CO2. The van der Waals surface area contributed by atoms with Crippen LogP contribution in [0.1, 0.15) is 18.5 Å². The Balaban J connectivity index is 1.80. The number of para-hydroxylation sites is 1. The van der Waals surface area contributed by atoms with Crippen molar-refractivity contribution in [2.24, 2.45) is 0 Å². The van der Waals surface area contributed by atoms with Gasteiger partial charge in [-0.15, -0.1) is 0 Å². The number of nitrogens with one attached hydrogen (secondary N) is 2. The number of rotatable bonds is 3. The van der Waals surface area contributed by atoms with Crippen LogP contribution in [0.25, 0.3) is 0 Å². The van der Waals surface area contributed by atoms with E-state index in [2.05, 4.69) is 17.6 Å². The highest BCUT2D eigenvalue weighted by Crippen LogP contribution is 2.31. The molecule has 102 valence electrons. The van der Waals surface area contributed by atoms with Gasteiger partial charge < -0.3 is 15.4 Å². The Morgan fingerprint density at radius 2 is 2.00 bits per heavy atom. The van der Waals surface area contributed by atoms with Crippen molar-refractivity contribution < 1.29 is 9.53 Å². The maximum atomic E-state index is 11.3. The Bertz CT molecular complexity index is 626. The fourth-order valence-corrected chi connectivity index (χ4v) is 2.24. The molecule has 20 heavy (non-hydrogen) atoms. The smallest absolute Gasteiger partial charge is 0.262 e. The molecule has 0 saturated heterocycles. The summed E-state index contributed by atoms with van der Waals surface area (Å²) in [5.74, 6) is 0.610. The molecule has 0 aromatic heterocycles. The number of benzene rings is 2. The van der Waals surface area contributed by atoms with Crippen molar-refractivity contribution in [3.8, 4) is 5.75 Å². The van der Waals surface area contributed by atoms with Gasteiger partial charge in [0.1, 0.15) is 5.75 Å². The van der Waals surface area contributed by atoms with Gasteiger partial charge in [-0.1, -0.05) is 24.3 Å². The largest absolute Gasteiger partial charge is 0.482 e. The van der Waals surface area contributed by atoms with E-state index in [4.69, 9.17) is 4.74 Å². The van der Waals surface area contributed by atoms with Crippen molar-refractivity contribution in [3.05, 3.63) is 54.1 Å². The molecule has 1 aliphatic heterocycles. The third-order valence-electron chi connectivity index (χ3n) is 3.29. The van der Waals surface area contributed by atoms with Crippen molar-refractivity contribution in [2.75, 3.05) is 17.2 Å². The topological polar surface area (TPSA) is 50.4 Å². The van der Waals surface area contributed by atoms with Crippen molar-refractivity contribution in [1.29, 1.82) is 0 Å². The number of hydrogen-bond acceptors (Lipinski definition) is 3. The lowest BCUT2D eigenvalue weighted by Gasteiger charge is -2.21. The summed E-state index contributed by atoms with van der Waals surface area (Å²) in [6.45, 7) is 2.17. The van der Waals surface area contributed by atoms with E-state index in [-0.39, 0.29) is 18.6 Å². The molecule has 0 spiro atoms. The first-order valence-corrected chi connectivity index (χ1v) is 6.60. The second kappa shape index (κ2) is 5.25. The maximum Gasteiger partial charge on any atom is 0.262 e. The molecule has 4 nitrogen and oxygen atoms in total. The highest BCUT2D eigenvalue weighted by atomic mass is 16.5. The van der Waals surface area contributed by atoms with E-state index < -0.39 is 0 Å². The Morgan fingerprint density at radius 1 is 1.20 bits per heavy atom. The Hall–Kier alpha value is -2.49. The second-order valence-corrected chi connectivity index (χ2v) is 4.82. The Morgan fingerprint density at radius 3 is 2.80 bits per heavy atom. The summed E-state index contributed by atoms with van der Waals surface area (Å²) in [5, 5.41) is 6.25. The Labute approximate surface area is 117 Å². The zero-order valence-electron chi connectivity index (χ0n) is 11.2. The molecular weight excluding hydrogens is 252 g/mol. The van der Waals surface area contributed by atoms with Crippen molar-refractivity contribution >= 4 is 17.3 Å². The molecule has 2 aromatic rings. The van der Waals surface area contributed by atoms with Crippen LogP contribution in [0.5, 0.6) is 5.75 Å². The van der Waals surface area contributed by atoms with Gasteiger partial charge in [0.2, 0.25) is 0 Å². The molecular formula is C16H16N2O2. The number of carbonyl (C=O) groups is 1. The predicted molar refractivity (Wildman–Crippen MR) is 79.0 cm³/mol. The van der Waals surface area contributed by atoms with Crippen molar-refractivity contribution in [2.45, 2.75) is 13.0 Å². The summed E-state index contributed by atoms with van der Waals surface area (Å²) in [4.78, 5) is 11.3. The van der Waals surface area contributed by atoms with Crippen LogP contribution in [-0.4, -0.2) is 12.5 Å². The lowest BCUT2D eigenvalue weighted by atomic mass is 10.1. The molecule has 1 heterocycles. The van der Waals surface area contributed by atoms with Crippen LogP contribution in [0.2, 0.25) is 0 Å². The molecule has 2 aromatic carbocycles. The van der Waals surface area contributed by atoms with Gasteiger partial charge in [0.05, 0.1) is 5.69 Å². The zero-order valence-corrected chi connectivity index (χ0v) is 11.2. The molecule has 4 heteroatoms. The van der Waals surface area contributed by atoms with Gasteiger partial charge in [0.25, 0.3) is 5.91 Å². The van der Waals surface area contributed by atoms with Crippen LogP contribution in [0, 0.1) is 0 Å². The number of fused-ring (bicyclic) bond motifs is 1. The first kappa shape index (κ1) is 12.5. The molecule has 1 unspecified atom stereocenters. The molecule has 0 saturated carbocycles. The summed E-state index contributed by atoms with van der Waals surface area (Å²) in [6.07, 6.45) is 0. The van der Waals surface area contributed by atoms with Crippen molar-refractivity contribution in [3.63, 3.8) is 0 Å². The van der Waals surface area contributed by atoms with Crippen LogP contribution in [0.3, 0.4) is 0 Å². The monoisotopic (exact) mass is 268 g/mol. The molecule has 0 aliphatic carbocycles. The quantitative estimate of drug-likeness (QED) is 0.898. The van der Waals surface area contributed by atoms with Crippen LogP contribution in [0.4, 0.5) is 11.4 Å². The van der Waals surface area contributed by atoms with Crippen LogP contribution >= 0.6 is 0 Å². The predicted octanol–water partition coefficient (Wildman–Crippen LogP) is 3.19. The summed E-state index contributed by atoms with van der Waals surface area (Å²) >= 11 is 0. The van der Waals surface area contributed by atoms with Gasteiger partial charge >= 0.3 is 0 Å². The first-order valence-electron chi connectivity index (χ1n) is 6.60. The average molecular weight is 268 g/mol. The first-order chi connectivity index (χ1) is 9.72. The van der Waals surface area contributed by atoms with Crippen LogP contribution in [0.15, 0.2) is 48.5 Å². The standard InChI is InChI=1S/C16H16N2O2/c1-11(17-13-5-3-2-4-6-13)12-7-8-15-14(9-12)18-16(19)10-20-15/h2-9,11,17H,10H2,1H3,(H,18,19). The minimum atomic E-state index is -0.113. The molecule has 1 amide bonds. The van der Waals surface area contributed by atoms with E-state index >= 15 is 0 Å². The van der Waals surface area contributed by atoms with E-state index in [1.165, 1.54) is 0 Å². The normalized spacial score (nSPS) is 14.8. The van der Waals surface area contributed by atoms with Gasteiger partial charge in [-0.25, -0.2) is 0 Å². The molecule has 3 rings (SSSR count). The second-order valence-electron chi connectivity index (χ2n) is 4.82. The van der Waals surface area contributed by atoms with E-state index in [0.717, 1.165) is 22.7 Å². The van der Waals surface area contributed by atoms with E-state index in [1.54, 1.807) is 0 Å². The van der Waals surface area contributed by atoms with Crippen molar-refractivity contribution in [1.82, 2.24) is 0 Å². The summed E-state index contributed by atoms with van der Waals surface area (Å²) in [6, 6.07) is 16.0.